The molecule has 6 atom stereocenters. The summed E-state index contributed by atoms with van der Waals surface area (Å²) in [5.41, 5.74) is 5.43. The monoisotopic (exact) mass is 696 g/mol. The number of aromatic nitrogens is 4. The molecular weight excluding hydrogens is 651 g/mol. The zero-order valence-electron chi connectivity index (χ0n) is 28.1. The molecule has 2 aromatic rings. The fourth-order valence-corrected chi connectivity index (χ4v) is 7.74. The summed E-state index contributed by atoms with van der Waals surface area (Å²) in [5, 5.41) is 8.87. The molecular formula is C29H45N8O10P. The minimum Gasteiger partial charge on any atom is -0.468 e. The van der Waals surface area contributed by atoms with E-state index in [4.69, 9.17) is 33.9 Å². The number of anilines is 2. The van der Waals surface area contributed by atoms with E-state index in [2.05, 4.69) is 30.4 Å². The number of nitrogen functional groups attached to an aromatic ring is 1. The predicted octanol–water partition coefficient (Wildman–Crippen LogP) is 2.65. The van der Waals surface area contributed by atoms with Crippen molar-refractivity contribution in [2.75, 3.05) is 31.9 Å². The van der Waals surface area contributed by atoms with Crippen molar-refractivity contribution in [1.29, 1.82) is 0 Å². The summed E-state index contributed by atoms with van der Waals surface area (Å²) in [5.74, 6) is -0.856. The number of carbonyl (C=O) groups is 3. The molecule has 4 heterocycles. The normalized spacial score (nSPS) is 26.1. The third-order valence-corrected chi connectivity index (χ3v) is 10.1. The zero-order valence-corrected chi connectivity index (χ0v) is 29.0. The van der Waals surface area contributed by atoms with Crippen LogP contribution in [0.3, 0.4) is 0 Å². The molecule has 0 bridgehead atoms. The van der Waals surface area contributed by atoms with Crippen molar-refractivity contribution >= 4 is 48.7 Å². The van der Waals surface area contributed by atoms with E-state index in [1.807, 2.05) is 27.7 Å². The van der Waals surface area contributed by atoms with Crippen LogP contribution < -0.4 is 21.2 Å². The molecule has 18 nitrogen and oxygen atoms in total. The average Bonchev–Trinajstić information content (AvgIpc) is 3.56. The van der Waals surface area contributed by atoms with Crippen molar-refractivity contribution in [3.8, 4) is 0 Å². The van der Waals surface area contributed by atoms with E-state index in [1.54, 1.807) is 11.5 Å². The van der Waals surface area contributed by atoms with Crippen LogP contribution >= 0.6 is 7.67 Å². The van der Waals surface area contributed by atoms with E-state index in [0.717, 1.165) is 12.8 Å². The van der Waals surface area contributed by atoms with Crippen LogP contribution in [-0.2, 0) is 42.4 Å². The first-order chi connectivity index (χ1) is 22.7. The molecule has 5 rings (SSSR count). The van der Waals surface area contributed by atoms with Crippen molar-refractivity contribution in [3.05, 3.63) is 6.33 Å². The number of hydrogen-bond acceptors (Lipinski definition) is 15. The van der Waals surface area contributed by atoms with Gasteiger partial charge in [0.1, 0.15) is 18.2 Å². The summed E-state index contributed by atoms with van der Waals surface area (Å²) in [6.07, 6.45) is -0.0451. The summed E-state index contributed by atoms with van der Waals surface area (Å²) in [6, 6.07) is -1.84. The second-order valence-corrected chi connectivity index (χ2v) is 15.2. The molecule has 0 radical (unpaired) electrons. The number of fused-ring (bicyclic) bond motifs is 2. The minimum atomic E-state index is -4.27. The predicted molar refractivity (Wildman–Crippen MR) is 170 cm³/mol. The van der Waals surface area contributed by atoms with Gasteiger partial charge in [-0.05, 0) is 44.4 Å². The molecule has 0 aromatic carbocycles. The van der Waals surface area contributed by atoms with E-state index in [9.17, 15) is 18.9 Å². The molecule has 5 N–H and O–H groups in total. The molecule has 2 aromatic heterocycles. The first-order valence-electron chi connectivity index (χ1n) is 15.9. The second-order valence-electron chi connectivity index (χ2n) is 13.3. The van der Waals surface area contributed by atoms with Gasteiger partial charge in [0.15, 0.2) is 34.9 Å². The lowest BCUT2D eigenvalue weighted by atomic mass is 9.96. The third kappa shape index (κ3) is 7.67. The Kier molecular flexibility index (Phi) is 10.5. The highest BCUT2D eigenvalue weighted by Crippen LogP contribution is 2.49. The number of methoxy groups -OCH3 is 2. The van der Waals surface area contributed by atoms with Crippen LogP contribution in [0.25, 0.3) is 11.2 Å². The van der Waals surface area contributed by atoms with Gasteiger partial charge in [-0.2, -0.15) is 9.97 Å². The molecule has 3 aliphatic rings. The second kappa shape index (κ2) is 14.1. The van der Waals surface area contributed by atoms with E-state index >= 15 is 0 Å². The molecule has 0 spiro atoms. The first kappa shape index (κ1) is 35.7. The molecule has 3 fully saturated rings. The van der Waals surface area contributed by atoms with E-state index in [-0.39, 0.29) is 36.7 Å². The lowest BCUT2D eigenvalue weighted by molar-refractivity contribution is -0.143. The number of nitrogens with zero attached hydrogens (tertiary/aromatic N) is 4. The average molecular weight is 697 g/mol. The number of esters is 2. The molecule has 2 aliphatic heterocycles. The molecule has 48 heavy (non-hydrogen) atoms. The maximum absolute atomic E-state index is 14.6. The molecule has 266 valence electrons. The van der Waals surface area contributed by atoms with Gasteiger partial charge in [0.05, 0.1) is 27.2 Å². The van der Waals surface area contributed by atoms with Gasteiger partial charge in [-0.1, -0.05) is 27.7 Å². The van der Waals surface area contributed by atoms with Crippen molar-refractivity contribution in [1.82, 2.24) is 29.7 Å². The van der Waals surface area contributed by atoms with Crippen LogP contribution in [0.4, 0.5) is 16.6 Å². The molecule has 1 aliphatic carbocycles. The number of carbonyl (C=O) groups excluding carboxylic acids is 3. The number of imidazole rings is 1. The topological polar surface area (TPSA) is 229 Å². The first-order valence-corrected chi connectivity index (χ1v) is 17.6. The van der Waals surface area contributed by atoms with Gasteiger partial charge in [-0.3, -0.25) is 18.7 Å². The minimum absolute atomic E-state index is 0.000334. The smallest absolute Gasteiger partial charge is 0.468 e. The highest BCUT2D eigenvalue weighted by Gasteiger charge is 2.64. The van der Waals surface area contributed by atoms with Crippen molar-refractivity contribution in [2.45, 2.75) is 102 Å². The number of nitrogens with two attached hydrogens (primary N) is 1. The Morgan fingerprint density at radius 3 is 2.23 bits per heavy atom. The number of hydrogen-bond donors (Lipinski definition) is 4. The molecule has 19 heteroatoms. The standard InChI is InChI=1S/C29H45N8O10P/c1-14(2)10-17(24(38)42-6)35-48(41,36-18(11-15(3)4)25(39)43-7)44-12-19-21-29(5,47-28(40)46-21)26(45-19)37-13-31-20-22(32-16-8-9-16)33-27(30)34-23(20)37/h13-19,21,26H,8-12H2,1-7H3,(H2,35,36,41)(H3,30,32,33,34)/t17?,18?,19-,21?,26-,29+,48?/m1/s1. The summed E-state index contributed by atoms with van der Waals surface area (Å²) in [4.78, 5) is 51.2. The van der Waals surface area contributed by atoms with E-state index in [1.165, 1.54) is 20.5 Å². The van der Waals surface area contributed by atoms with Gasteiger partial charge in [-0.15, -0.1) is 0 Å². The number of rotatable bonds is 16. The Balaban J connectivity index is 1.44. The van der Waals surface area contributed by atoms with Gasteiger partial charge >= 0.3 is 25.8 Å². The van der Waals surface area contributed by atoms with Crippen molar-refractivity contribution in [3.63, 3.8) is 0 Å². The Bertz CT molecular complexity index is 1530. The Morgan fingerprint density at radius 2 is 1.69 bits per heavy atom. The summed E-state index contributed by atoms with van der Waals surface area (Å²) in [6.45, 7) is 8.76. The Morgan fingerprint density at radius 1 is 1.08 bits per heavy atom. The molecule has 2 saturated heterocycles. The van der Waals surface area contributed by atoms with Crippen molar-refractivity contribution in [2.24, 2.45) is 11.8 Å². The Labute approximate surface area is 278 Å². The van der Waals surface area contributed by atoms with Gasteiger partial charge in [0, 0.05) is 6.04 Å². The lowest BCUT2D eigenvalue weighted by Gasteiger charge is -2.30. The van der Waals surface area contributed by atoms with Crippen LogP contribution in [0.2, 0.25) is 0 Å². The lowest BCUT2D eigenvalue weighted by Crippen LogP contribution is -2.46. The summed E-state index contributed by atoms with van der Waals surface area (Å²) >= 11 is 0. The fraction of sp³-hybridized carbons (Fsp3) is 0.724. The number of ether oxygens (including phenoxy) is 5. The maximum atomic E-state index is 14.6. The van der Waals surface area contributed by atoms with Gasteiger partial charge in [-0.25, -0.2) is 20.0 Å². The van der Waals surface area contributed by atoms with Crippen LogP contribution in [0.5, 0.6) is 0 Å². The van der Waals surface area contributed by atoms with Gasteiger partial charge in [0.25, 0.3) is 0 Å². The summed E-state index contributed by atoms with van der Waals surface area (Å²) < 4.78 is 49.7. The molecule has 1 saturated carbocycles. The van der Waals surface area contributed by atoms with E-state index in [0.29, 0.717) is 17.0 Å². The largest absolute Gasteiger partial charge is 0.509 e. The fourth-order valence-electron chi connectivity index (χ4n) is 5.92. The quantitative estimate of drug-likeness (QED) is 0.112. The number of nitrogens with one attached hydrogen (secondary N) is 3. The van der Waals surface area contributed by atoms with Gasteiger partial charge < -0.3 is 39.3 Å². The summed E-state index contributed by atoms with van der Waals surface area (Å²) in [7, 11) is -1.83. The highest BCUT2D eigenvalue weighted by atomic mass is 31.2. The molecule has 3 unspecified atom stereocenters. The van der Waals surface area contributed by atoms with Crippen LogP contribution in [0.15, 0.2) is 6.33 Å². The highest BCUT2D eigenvalue weighted by molar-refractivity contribution is 7.54. The van der Waals surface area contributed by atoms with Crippen LogP contribution in [0, 0.1) is 11.8 Å². The molecule has 0 amide bonds. The van der Waals surface area contributed by atoms with Gasteiger partial charge in [0.2, 0.25) is 5.95 Å². The SMILES string of the molecule is COC(=O)C(CC(C)C)NP(=O)(NC(CC(C)C)C(=O)OC)OC[C@H]1O[C@@H](n2cnc3c(NC4CC4)nc(N)nc32)[C@@]2(C)OC(=O)OC12. The van der Waals surface area contributed by atoms with E-state index < -0.39 is 68.5 Å². The third-order valence-electron chi connectivity index (χ3n) is 8.29. The van der Waals surface area contributed by atoms with Crippen LogP contribution in [-0.4, -0.2) is 94.4 Å². The van der Waals surface area contributed by atoms with Crippen LogP contribution in [0.1, 0.15) is 66.5 Å². The zero-order chi connectivity index (χ0) is 35.0. The van der Waals surface area contributed by atoms with Crippen molar-refractivity contribution < 1.29 is 47.2 Å². The maximum Gasteiger partial charge on any atom is 0.509 e. The Hall–Kier alpha value is -3.57.